The summed E-state index contributed by atoms with van der Waals surface area (Å²) in [5.41, 5.74) is 0.722. The lowest BCUT2D eigenvalue weighted by Gasteiger charge is -2.31. The lowest BCUT2D eigenvalue weighted by Crippen LogP contribution is -2.43. The first-order valence-electron chi connectivity index (χ1n) is 9.19. The Kier molecular flexibility index (Phi) is 4.73. The maximum absolute atomic E-state index is 13.0. The van der Waals surface area contributed by atoms with Gasteiger partial charge in [0.05, 0.1) is 11.9 Å². The summed E-state index contributed by atoms with van der Waals surface area (Å²) < 4.78 is 33.2. The van der Waals surface area contributed by atoms with Crippen molar-refractivity contribution < 1.29 is 12.8 Å². The summed E-state index contributed by atoms with van der Waals surface area (Å²) in [6.07, 6.45) is 3.23. The molecule has 0 aliphatic carbocycles. The van der Waals surface area contributed by atoms with E-state index < -0.39 is 10.0 Å². The molecule has 0 unspecified atom stereocenters. The van der Waals surface area contributed by atoms with Gasteiger partial charge in [-0.25, -0.2) is 17.7 Å². The maximum atomic E-state index is 13.0. The molecule has 2 atom stereocenters. The van der Waals surface area contributed by atoms with Gasteiger partial charge in [-0.3, -0.25) is 0 Å². The van der Waals surface area contributed by atoms with Crippen LogP contribution in [-0.4, -0.2) is 69.4 Å². The molecule has 2 saturated heterocycles. The van der Waals surface area contributed by atoms with E-state index >= 15 is 0 Å². The Balaban J connectivity index is 1.54. The van der Waals surface area contributed by atoms with Gasteiger partial charge in [-0.15, -0.1) is 0 Å². The average molecular weight is 391 g/mol. The van der Waals surface area contributed by atoms with Crippen molar-refractivity contribution in [2.45, 2.75) is 5.75 Å². The number of rotatable bonds is 6. The summed E-state index contributed by atoms with van der Waals surface area (Å²) >= 11 is 0. The zero-order valence-corrected chi connectivity index (χ0v) is 16.6. The molecule has 0 spiro atoms. The van der Waals surface area contributed by atoms with Gasteiger partial charge in [0.1, 0.15) is 6.26 Å². The molecule has 2 aliphatic rings. The Morgan fingerprint density at radius 3 is 2.67 bits per heavy atom. The van der Waals surface area contributed by atoms with Crippen molar-refractivity contribution in [3.8, 4) is 0 Å². The smallest absolute Gasteiger partial charge is 0.297 e. The monoisotopic (exact) mass is 390 g/mol. The first kappa shape index (κ1) is 18.5. The molecule has 7 nitrogen and oxygen atoms in total. The maximum Gasteiger partial charge on any atom is 0.297 e. The number of hydrogen-bond acceptors (Lipinski definition) is 6. The molecule has 0 N–H and O–H groups in total. The third-order valence-corrected chi connectivity index (χ3v) is 7.40. The molecule has 8 heteroatoms. The van der Waals surface area contributed by atoms with Gasteiger partial charge in [0.15, 0.2) is 0 Å². The molecule has 27 heavy (non-hydrogen) atoms. The first-order valence-corrected chi connectivity index (χ1v) is 10.8. The van der Waals surface area contributed by atoms with E-state index in [0.717, 1.165) is 25.2 Å². The van der Waals surface area contributed by atoms with E-state index in [4.69, 9.17) is 4.42 Å². The van der Waals surface area contributed by atoms with E-state index in [9.17, 15) is 8.42 Å². The summed E-state index contributed by atoms with van der Waals surface area (Å²) in [7, 11) is 0.742. The van der Waals surface area contributed by atoms with E-state index in [2.05, 4.69) is 14.8 Å². The molecule has 1 aromatic heterocycles. The molecule has 0 radical (unpaired) electrons. The van der Waals surface area contributed by atoms with Crippen molar-refractivity contribution in [2.24, 2.45) is 11.3 Å². The number of benzene rings is 1. The van der Waals surface area contributed by atoms with Gasteiger partial charge < -0.3 is 14.2 Å². The molecule has 146 valence electrons. The van der Waals surface area contributed by atoms with Crippen LogP contribution in [0.25, 0.3) is 0 Å². The number of sulfonamides is 1. The fourth-order valence-electron chi connectivity index (χ4n) is 4.59. The van der Waals surface area contributed by atoms with Gasteiger partial charge >= 0.3 is 0 Å². The number of nitrogens with zero attached hydrogens (tertiary/aromatic N) is 4. The number of fused-ring (bicyclic) bond motifs is 1. The van der Waals surface area contributed by atoms with Gasteiger partial charge in [-0.1, -0.05) is 30.3 Å². The molecule has 0 bridgehead atoms. The van der Waals surface area contributed by atoms with Crippen LogP contribution in [0, 0.1) is 11.3 Å². The Hall–Kier alpha value is -1.90. The topological polar surface area (TPSA) is 69.9 Å². The minimum Gasteiger partial charge on any atom is -0.432 e. The molecule has 0 amide bonds. The molecule has 0 saturated carbocycles. The second-order valence-corrected chi connectivity index (χ2v) is 10.00. The molecule has 2 fully saturated rings. The Labute approximate surface area is 160 Å². The predicted octanol–water partition coefficient (Wildman–Crippen LogP) is 1.50. The van der Waals surface area contributed by atoms with Crippen LogP contribution in [0.1, 0.15) is 5.56 Å². The van der Waals surface area contributed by atoms with E-state index in [1.165, 1.54) is 0 Å². The van der Waals surface area contributed by atoms with Gasteiger partial charge in [0, 0.05) is 44.1 Å². The lowest BCUT2D eigenvalue weighted by molar-refractivity contribution is 0.200. The van der Waals surface area contributed by atoms with Crippen LogP contribution in [0.15, 0.2) is 47.2 Å². The molecular weight excluding hydrogens is 364 g/mol. The van der Waals surface area contributed by atoms with E-state index in [-0.39, 0.29) is 17.1 Å². The van der Waals surface area contributed by atoms with Crippen molar-refractivity contribution in [3.63, 3.8) is 0 Å². The third kappa shape index (κ3) is 3.61. The standard InChI is InChI=1S/C19H26N4O3S/c1-21(2)13-19-14-22(18-20-8-9-26-18)10-17(19)11-23(15-19)27(24,25)12-16-6-4-3-5-7-16/h3-9,17H,10-15H2,1-2H3/t17-,19+/m0/s1. The van der Waals surface area contributed by atoms with Gasteiger partial charge in [-0.2, -0.15) is 0 Å². The van der Waals surface area contributed by atoms with Crippen molar-refractivity contribution in [2.75, 3.05) is 51.7 Å². The number of anilines is 1. The second-order valence-electron chi connectivity index (χ2n) is 8.03. The molecular formula is C19H26N4O3S. The quantitative estimate of drug-likeness (QED) is 0.745. The van der Waals surface area contributed by atoms with E-state index in [1.54, 1.807) is 16.8 Å². The van der Waals surface area contributed by atoms with Crippen LogP contribution in [-0.2, 0) is 15.8 Å². The highest BCUT2D eigenvalue weighted by molar-refractivity contribution is 7.88. The summed E-state index contributed by atoms with van der Waals surface area (Å²) in [5.74, 6) is 0.319. The van der Waals surface area contributed by atoms with Crippen LogP contribution in [0.3, 0.4) is 0 Å². The lowest BCUT2D eigenvalue weighted by atomic mass is 9.80. The van der Waals surface area contributed by atoms with Crippen LogP contribution >= 0.6 is 0 Å². The second kappa shape index (κ2) is 6.92. The fraction of sp³-hybridized carbons (Fsp3) is 0.526. The molecule has 4 rings (SSSR count). The van der Waals surface area contributed by atoms with E-state index in [0.29, 0.717) is 19.1 Å². The minimum absolute atomic E-state index is 0.0576. The number of aromatic nitrogens is 1. The summed E-state index contributed by atoms with van der Waals surface area (Å²) in [5, 5.41) is 0. The van der Waals surface area contributed by atoms with Crippen LogP contribution in [0.5, 0.6) is 0 Å². The SMILES string of the molecule is CN(C)C[C@]12CN(c3ncco3)C[C@H]1CN(S(=O)(=O)Cc1ccccc1)C2. The van der Waals surface area contributed by atoms with Crippen molar-refractivity contribution in [1.82, 2.24) is 14.2 Å². The van der Waals surface area contributed by atoms with Crippen LogP contribution in [0.2, 0.25) is 0 Å². The molecule has 1 aromatic carbocycles. The normalized spacial score (nSPS) is 26.0. The molecule has 2 aliphatic heterocycles. The Bertz CT molecular complexity index is 870. The van der Waals surface area contributed by atoms with Crippen molar-refractivity contribution >= 4 is 16.0 Å². The highest BCUT2D eigenvalue weighted by Gasteiger charge is 2.55. The Morgan fingerprint density at radius 1 is 1.22 bits per heavy atom. The molecule has 2 aromatic rings. The largest absolute Gasteiger partial charge is 0.432 e. The van der Waals surface area contributed by atoms with Gasteiger partial charge in [0.25, 0.3) is 6.01 Å². The summed E-state index contributed by atoms with van der Waals surface area (Å²) in [6, 6.07) is 10.0. The van der Waals surface area contributed by atoms with Crippen molar-refractivity contribution in [1.29, 1.82) is 0 Å². The highest BCUT2D eigenvalue weighted by Crippen LogP contribution is 2.45. The van der Waals surface area contributed by atoms with Gasteiger partial charge in [-0.05, 0) is 19.7 Å². The van der Waals surface area contributed by atoms with Crippen molar-refractivity contribution in [3.05, 3.63) is 48.4 Å². The highest BCUT2D eigenvalue weighted by atomic mass is 32.2. The Morgan fingerprint density at radius 2 is 2.00 bits per heavy atom. The van der Waals surface area contributed by atoms with Gasteiger partial charge in [0.2, 0.25) is 10.0 Å². The van der Waals surface area contributed by atoms with E-state index in [1.807, 2.05) is 44.4 Å². The number of oxazole rings is 1. The summed E-state index contributed by atoms with van der Waals surface area (Å²) in [6.45, 7) is 3.47. The zero-order chi connectivity index (χ0) is 19.1. The average Bonchev–Trinajstić information content (AvgIpc) is 3.28. The van der Waals surface area contributed by atoms with Crippen LogP contribution in [0.4, 0.5) is 6.01 Å². The summed E-state index contributed by atoms with van der Waals surface area (Å²) in [4.78, 5) is 8.57. The zero-order valence-electron chi connectivity index (χ0n) is 15.8. The molecule has 3 heterocycles. The predicted molar refractivity (Wildman–Crippen MR) is 104 cm³/mol. The minimum atomic E-state index is -3.34. The third-order valence-electron chi connectivity index (χ3n) is 5.63. The fourth-order valence-corrected chi connectivity index (χ4v) is 6.25. The number of hydrogen-bond donors (Lipinski definition) is 0. The van der Waals surface area contributed by atoms with Crippen LogP contribution < -0.4 is 4.90 Å². The first-order chi connectivity index (χ1) is 12.9.